The Morgan fingerprint density at radius 2 is 1.94 bits per heavy atom. The van der Waals surface area contributed by atoms with Gasteiger partial charge in [0.1, 0.15) is 5.75 Å². The number of rotatable bonds is 2. The van der Waals surface area contributed by atoms with Gasteiger partial charge in [-0.2, -0.15) is 0 Å². The van der Waals surface area contributed by atoms with Crippen molar-refractivity contribution in [1.29, 1.82) is 0 Å². The summed E-state index contributed by atoms with van der Waals surface area (Å²) in [5, 5.41) is 0.341. The van der Waals surface area contributed by atoms with Crippen LogP contribution in [0.15, 0.2) is 30.6 Å². The van der Waals surface area contributed by atoms with Crippen LogP contribution in [0.2, 0.25) is 5.02 Å². The molecule has 0 bridgehead atoms. The van der Waals surface area contributed by atoms with Crippen LogP contribution >= 0.6 is 11.6 Å². The highest BCUT2D eigenvalue weighted by Gasteiger charge is 2.05. The SMILES string of the molecule is Nc1ccc(Oc2ncc(F)cn2)c(Cl)c1. The molecule has 0 atom stereocenters. The first-order valence-corrected chi connectivity index (χ1v) is 4.73. The van der Waals surface area contributed by atoms with Crippen molar-refractivity contribution < 1.29 is 9.13 Å². The van der Waals surface area contributed by atoms with E-state index in [1.54, 1.807) is 18.2 Å². The van der Waals surface area contributed by atoms with Gasteiger partial charge >= 0.3 is 6.01 Å². The number of hydrogen-bond donors (Lipinski definition) is 1. The number of hydrogen-bond acceptors (Lipinski definition) is 4. The summed E-state index contributed by atoms with van der Waals surface area (Å²) >= 11 is 5.88. The van der Waals surface area contributed by atoms with Crippen molar-refractivity contribution in [2.45, 2.75) is 0 Å². The second-order valence-electron chi connectivity index (χ2n) is 2.98. The number of nitrogens with zero attached hydrogens (tertiary/aromatic N) is 2. The third-order valence-electron chi connectivity index (χ3n) is 1.75. The van der Waals surface area contributed by atoms with Crippen LogP contribution < -0.4 is 10.5 Å². The predicted molar refractivity (Wildman–Crippen MR) is 57.9 cm³/mol. The molecule has 0 unspecified atom stereocenters. The fourth-order valence-corrected chi connectivity index (χ4v) is 1.28. The molecule has 0 amide bonds. The molecule has 0 spiro atoms. The first kappa shape index (κ1) is 10.6. The third-order valence-corrected chi connectivity index (χ3v) is 2.05. The number of anilines is 1. The number of halogens is 2. The molecule has 1 aromatic carbocycles. The van der Waals surface area contributed by atoms with Gasteiger partial charge in [0.2, 0.25) is 0 Å². The Kier molecular flexibility index (Phi) is 2.87. The molecule has 2 N–H and O–H groups in total. The Labute approximate surface area is 95.9 Å². The molecule has 6 heteroatoms. The average Bonchev–Trinajstić information content (AvgIpc) is 2.25. The molecule has 0 aliphatic heterocycles. The fourth-order valence-electron chi connectivity index (χ4n) is 1.05. The fraction of sp³-hybridized carbons (Fsp3) is 0. The van der Waals surface area contributed by atoms with E-state index in [9.17, 15) is 4.39 Å². The normalized spacial score (nSPS) is 10.1. The van der Waals surface area contributed by atoms with Crippen molar-refractivity contribution in [3.63, 3.8) is 0 Å². The van der Waals surface area contributed by atoms with Crippen molar-refractivity contribution in [2.75, 3.05) is 5.73 Å². The number of nitrogen functional groups attached to an aromatic ring is 1. The summed E-state index contributed by atoms with van der Waals surface area (Å²) in [5.41, 5.74) is 6.05. The van der Waals surface area contributed by atoms with Crippen molar-refractivity contribution >= 4 is 17.3 Å². The van der Waals surface area contributed by atoms with Crippen LogP contribution in [0.3, 0.4) is 0 Å². The quantitative estimate of drug-likeness (QED) is 0.819. The molecule has 4 nitrogen and oxygen atoms in total. The second-order valence-corrected chi connectivity index (χ2v) is 3.38. The van der Waals surface area contributed by atoms with Gasteiger partial charge in [0, 0.05) is 5.69 Å². The first-order chi connectivity index (χ1) is 7.65. The first-order valence-electron chi connectivity index (χ1n) is 4.35. The van der Waals surface area contributed by atoms with Crippen LogP contribution in [-0.2, 0) is 0 Å². The summed E-state index contributed by atoms with van der Waals surface area (Å²) in [7, 11) is 0. The van der Waals surface area contributed by atoms with E-state index in [0.29, 0.717) is 16.5 Å². The Hall–Kier alpha value is -1.88. The summed E-state index contributed by atoms with van der Waals surface area (Å²) in [6.45, 7) is 0. The van der Waals surface area contributed by atoms with E-state index >= 15 is 0 Å². The molecule has 0 fully saturated rings. The van der Waals surface area contributed by atoms with Crippen LogP contribution in [0, 0.1) is 5.82 Å². The smallest absolute Gasteiger partial charge is 0.322 e. The summed E-state index contributed by atoms with van der Waals surface area (Å²) in [5.74, 6) is -0.168. The summed E-state index contributed by atoms with van der Waals surface area (Å²) in [4.78, 5) is 7.28. The van der Waals surface area contributed by atoms with Crippen LogP contribution in [-0.4, -0.2) is 9.97 Å². The maximum atomic E-state index is 12.5. The molecule has 82 valence electrons. The number of aromatic nitrogens is 2. The Bertz CT molecular complexity index is 504. The van der Waals surface area contributed by atoms with Crippen LogP contribution in [0.25, 0.3) is 0 Å². The van der Waals surface area contributed by atoms with Gasteiger partial charge in [-0.15, -0.1) is 0 Å². The molecule has 1 aromatic heterocycles. The van der Waals surface area contributed by atoms with Gasteiger partial charge in [0.15, 0.2) is 5.82 Å². The van der Waals surface area contributed by atoms with Crippen molar-refractivity contribution in [1.82, 2.24) is 9.97 Å². The van der Waals surface area contributed by atoms with Gasteiger partial charge in [-0.25, -0.2) is 14.4 Å². The number of benzene rings is 1. The minimum Gasteiger partial charge on any atom is -0.423 e. The number of ether oxygens (including phenoxy) is 1. The van der Waals surface area contributed by atoms with Gasteiger partial charge in [0.05, 0.1) is 17.4 Å². The highest BCUT2D eigenvalue weighted by Crippen LogP contribution is 2.29. The van der Waals surface area contributed by atoms with Gasteiger partial charge in [0.25, 0.3) is 0 Å². The summed E-state index contributed by atoms with van der Waals surface area (Å²) in [6, 6.07) is 4.78. The average molecular weight is 240 g/mol. The summed E-state index contributed by atoms with van der Waals surface area (Å²) < 4.78 is 17.8. The van der Waals surface area contributed by atoms with E-state index in [-0.39, 0.29) is 6.01 Å². The van der Waals surface area contributed by atoms with Crippen molar-refractivity contribution in [3.8, 4) is 11.8 Å². The molecule has 2 aromatic rings. The third kappa shape index (κ3) is 2.38. The molecule has 16 heavy (non-hydrogen) atoms. The molecule has 0 aliphatic rings. The lowest BCUT2D eigenvalue weighted by Gasteiger charge is -2.05. The van der Waals surface area contributed by atoms with E-state index in [4.69, 9.17) is 22.1 Å². The van der Waals surface area contributed by atoms with Crippen LogP contribution in [0.1, 0.15) is 0 Å². The minimum atomic E-state index is -0.532. The Morgan fingerprint density at radius 3 is 2.56 bits per heavy atom. The maximum absolute atomic E-state index is 12.5. The standard InChI is InChI=1S/C10H7ClFN3O/c11-8-3-7(13)1-2-9(8)16-10-14-4-6(12)5-15-10/h1-5H,13H2. The highest BCUT2D eigenvalue weighted by atomic mass is 35.5. The van der Waals surface area contributed by atoms with Crippen LogP contribution in [0.5, 0.6) is 11.8 Å². The lowest BCUT2D eigenvalue weighted by Crippen LogP contribution is -1.93. The van der Waals surface area contributed by atoms with Gasteiger partial charge in [-0.1, -0.05) is 11.6 Å². The monoisotopic (exact) mass is 239 g/mol. The van der Waals surface area contributed by atoms with E-state index in [0.717, 1.165) is 12.4 Å². The molecule has 1 heterocycles. The van der Waals surface area contributed by atoms with Gasteiger partial charge in [-0.05, 0) is 18.2 Å². The van der Waals surface area contributed by atoms with E-state index in [1.807, 2.05) is 0 Å². The zero-order valence-corrected chi connectivity index (χ0v) is 8.78. The molecular weight excluding hydrogens is 233 g/mol. The van der Waals surface area contributed by atoms with Gasteiger partial charge < -0.3 is 10.5 Å². The van der Waals surface area contributed by atoms with E-state index < -0.39 is 5.82 Å². The number of nitrogens with two attached hydrogens (primary N) is 1. The minimum absolute atomic E-state index is 0.0214. The zero-order valence-electron chi connectivity index (χ0n) is 8.02. The molecular formula is C10H7ClFN3O. The molecule has 0 aliphatic carbocycles. The molecule has 0 saturated heterocycles. The Balaban J connectivity index is 2.23. The second kappa shape index (κ2) is 4.32. The van der Waals surface area contributed by atoms with E-state index in [1.165, 1.54) is 0 Å². The summed E-state index contributed by atoms with van der Waals surface area (Å²) in [6.07, 6.45) is 2.01. The van der Waals surface area contributed by atoms with E-state index in [2.05, 4.69) is 9.97 Å². The highest BCUT2D eigenvalue weighted by molar-refractivity contribution is 6.32. The van der Waals surface area contributed by atoms with Gasteiger partial charge in [-0.3, -0.25) is 0 Å². The molecule has 2 rings (SSSR count). The topological polar surface area (TPSA) is 61.0 Å². The molecule has 0 radical (unpaired) electrons. The lowest BCUT2D eigenvalue weighted by molar-refractivity contribution is 0.436. The zero-order chi connectivity index (χ0) is 11.5. The van der Waals surface area contributed by atoms with Crippen molar-refractivity contribution in [3.05, 3.63) is 41.4 Å². The Morgan fingerprint density at radius 1 is 1.25 bits per heavy atom. The largest absolute Gasteiger partial charge is 0.423 e. The lowest BCUT2D eigenvalue weighted by atomic mass is 10.3. The van der Waals surface area contributed by atoms with Crippen molar-refractivity contribution in [2.24, 2.45) is 0 Å². The maximum Gasteiger partial charge on any atom is 0.322 e. The molecule has 0 saturated carbocycles. The van der Waals surface area contributed by atoms with Crippen LogP contribution in [0.4, 0.5) is 10.1 Å². The predicted octanol–water partition coefficient (Wildman–Crippen LogP) is 2.64.